The van der Waals surface area contributed by atoms with Crippen molar-refractivity contribution in [3.05, 3.63) is 64.9 Å². The highest BCUT2D eigenvalue weighted by Gasteiger charge is 2.19. The van der Waals surface area contributed by atoms with Crippen LogP contribution < -0.4 is 15.4 Å². The number of amides is 2. The highest BCUT2D eigenvalue weighted by molar-refractivity contribution is 6.06. The molecule has 0 saturated carbocycles. The van der Waals surface area contributed by atoms with Crippen LogP contribution in [-0.2, 0) is 13.2 Å². The lowest BCUT2D eigenvalue weighted by Gasteiger charge is -2.07. The van der Waals surface area contributed by atoms with Crippen LogP contribution in [0.5, 0.6) is 5.75 Å². The number of ether oxygens (including phenoxy) is 1. The summed E-state index contributed by atoms with van der Waals surface area (Å²) in [5, 5.41) is 9.36. The maximum atomic E-state index is 12.5. The van der Waals surface area contributed by atoms with Gasteiger partial charge in [0, 0.05) is 19.8 Å². The number of anilines is 1. The van der Waals surface area contributed by atoms with E-state index in [1.54, 1.807) is 23.0 Å². The van der Waals surface area contributed by atoms with Crippen LogP contribution in [-0.4, -0.2) is 28.6 Å². The predicted octanol–water partition coefficient (Wildman–Crippen LogP) is 3.30. The number of aryl methyl sites for hydroxylation is 3. The van der Waals surface area contributed by atoms with Gasteiger partial charge in [0.25, 0.3) is 11.8 Å². The Balaban J connectivity index is 1.67. The van der Waals surface area contributed by atoms with Crippen LogP contribution in [0.2, 0.25) is 0 Å². The molecule has 2 heterocycles. The fourth-order valence-electron chi connectivity index (χ4n) is 2.68. The molecular formula is C21H24N4O4. The second-order valence-electron chi connectivity index (χ2n) is 6.58. The topological polar surface area (TPSA) is 98.4 Å². The van der Waals surface area contributed by atoms with Crippen molar-refractivity contribution in [1.82, 2.24) is 15.1 Å². The molecule has 0 saturated heterocycles. The van der Waals surface area contributed by atoms with Crippen molar-refractivity contribution in [3.63, 3.8) is 0 Å². The molecule has 0 aliphatic rings. The minimum absolute atomic E-state index is 0.121. The third kappa shape index (κ3) is 4.66. The van der Waals surface area contributed by atoms with E-state index in [2.05, 4.69) is 15.7 Å². The molecule has 0 fully saturated rings. The normalized spacial score (nSPS) is 10.6. The number of nitrogens with zero attached hydrogens (tertiary/aromatic N) is 2. The Labute approximate surface area is 168 Å². The van der Waals surface area contributed by atoms with Gasteiger partial charge >= 0.3 is 0 Å². The number of nitrogens with one attached hydrogen (secondary N) is 2. The van der Waals surface area contributed by atoms with Gasteiger partial charge in [-0.15, -0.1) is 0 Å². The first-order chi connectivity index (χ1) is 13.9. The standard InChI is InChI=1S/C21H24N4O4/c1-5-25-11-17(19(24-25)21(27)22-4)23-20(26)18-9-8-16(29-18)12-28-15-7-6-13(2)14(3)10-15/h6-11H,5,12H2,1-4H3,(H,22,27)(H,23,26). The fraction of sp³-hybridized carbons (Fsp3) is 0.286. The second kappa shape index (κ2) is 8.64. The monoisotopic (exact) mass is 396 g/mol. The summed E-state index contributed by atoms with van der Waals surface area (Å²) in [6.07, 6.45) is 1.61. The van der Waals surface area contributed by atoms with E-state index in [9.17, 15) is 9.59 Å². The van der Waals surface area contributed by atoms with E-state index in [0.29, 0.717) is 18.0 Å². The third-order valence-electron chi connectivity index (χ3n) is 4.52. The van der Waals surface area contributed by atoms with Gasteiger partial charge in [-0.05, 0) is 56.2 Å². The quantitative estimate of drug-likeness (QED) is 0.638. The number of carbonyl (C=O) groups is 2. The van der Waals surface area contributed by atoms with Crippen LogP contribution in [0.3, 0.4) is 0 Å². The van der Waals surface area contributed by atoms with Gasteiger partial charge in [0.05, 0.1) is 5.69 Å². The SMILES string of the molecule is CCn1cc(NC(=O)c2ccc(COc3ccc(C)c(C)c3)o2)c(C(=O)NC)n1. The van der Waals surface area contributed by atoms with Gasteiger partial charge in [-0.25, -0.2) is 0 Å². The molecule has 8 nitrogen and oxygen atoms in total. The highest BCUT2D eigenvalue weighted by Crippen LogP contribution is 2.20. The van der Waals surface area contributed by atoms with E-state index in [1.807, 2.05) is 39.0 Å². The summed E-state index contributed by atoms with van der Waals surface area (Å²) in [5.74, 6) is 0.523. The van der Waals surface area contributed by atoms with Gasteiger partial charge in [-0.1, -0.05) is 6.07 Å². The average Bonchev–Trinajstić information content (AvgIpc) is 3.35. The van der Waals surface area contributed by atoms with Gasteiger partial charge < -0.3 is 19.8 Å². The summed E-state index contributed by atoms with van der Waals surface area (Å²) in [5.41, 5.74) is 2.80. The molecule has 3 aromatic rings. The van der Waals surface area contributed by atoms with Gasteiger partial charge in [0.2, 0.25) is 0 Å². The summed E-state index contributed by atoms with van der Waals surface area (Å²) in [4.78, 5) is 24.5. The van der Waals surface area contributed by atoms with Gasteiger partial charge in [0.15, 0.2) is 11.5 Å². The zero-order chi connectivity index (χ0) is 21.0. The molecule has 152 valence electrons. The first-order valence-corrected chi connectivity index (χ1v) is 9.31. The Bertz CT molecular complexity index is 1040. The number of carbonyl (C=O) groups excluding carboxylic acids is 2. The first kappa shape index (κ1) is 20.2. The van der Waals surface area contributed by atoms with Crippen LogP contribution in [0.4, 0.5) is 5.69 Å². The Hall–Kier alpha value is -3.55. The van der Waals surface area contributed by atoms with E-state index >= 15 is 0 Å². The largest absolute Gasteiger partial charge is 0.486 e. The molecular weight excluding hydrogens is 372 g/mol. The molecule has 0 bridgehead atoms. The Kier molecular flexibility index (Phi) is 6.01. The molecule has 1 aromatic carbocycles. The lowest BCUT2D eigenvalue weighted by atomic mass is 10.1. The molecule has 29 heavy (non-hydrogen) atoms. The number of hydrogen-bond acceptors (Lipinski definition) is 5. The van der Waals surface area contributed by atoms with E-state index < -0.39 is 5.91 Å². The van der Waals surface area contributed by atoms with Crippen molar-refractivity contribution in [2.45, 2.75) is 33.9 Å². The molecule has 2 amide bonds. The highest BCUT2D eigenvalue weighted by atomic mass is 16.5. The molecule has 8 heteroatoms. The second-order valence-corrected chi connectivity index (χ2v) is 6.58. The van der Waals surface area contributed by atoms with Crippen LogP contribution in [0.25, 0.3) is 0 Å². The Morgan fingerprint density at radius 1 is 1.14 bits per heavy atom. The van der Waals surface area contributed by atoms with Crippen molar-refractivity contribution >= 4 is 17.5 Å². The molecule has 0 aliphatic heterocycles. The van der Waals surface area contributed by atoms with Crippen LogP contribution in [0, 0.1) is 13.8 Å². The Morgan fingerprint density at radius 3 is 2.62 bits per heavy atom. The summed E-state index contributed by atoms with van der Waals surface area (Å²) in [7, 11) is 1.51. The third-order valence-corrected chi connectivity index (χ3v) is 4.52. The van der Waals surface area contributed by atoms with Crippen molar-refractivity contribution in [1.29, 1.82) is 0 Å². The maximum Gasteiger partial charge on any atom is 0.291 e. The van der Waals surface area contributed by atoms with Gasteiger partial charge in [0.1, 0.15) is 18.1 Å². The molecule has 3 rings (SSSR count). The molecule has 0 radical (unpaired) electrons. The Morgan fingerprint density at radius 2 is 1.93 bits per heavy atom. The smallest absolute Gasteiger partial charge is 0.291 e. The summed E-state index contributed by atoms with van der Waals surface area (Å²) < 4.78 is 12.9. The lowest BCUT2D eigenvalue weighted by molar-refractivity contribution is 0.0958. The number of benzene rings is 1. The number of furan rings is 1. The van der Waals surface area contributed by atoms with Crippen molar-refractivity contribution < 1.29 is 18.7 Å². The summed E-state index contributed by atoms with van der Waals surface area (Å²) >= 11 is 0. The zero-order valence-electron chi connectivity index (χ0n) is 16.9. The number of rotatable bonds is 7. The molecule has 2 aromatic heterocycles. The zero-order valence-corrected chi connectivity index (χ0v) is 16.9. The van der Waals surface area contributed by atoms with Crippen LogP contribution in [0.1, 0.15) is 44.9 Å². The molecule has 0 unspecified atom stereocenters. The van der Waals surface area contributed by atoms with Crippen LogP contribution >= 0.6 is 0 Å². The minimum atomic E-state index is -0.469. The first-order valence-electron chi connectivity index (χ1n) is 9.31. The van der Waals surface area contributed by atoms with Crippen molar-refractivity contribution in [2.75, 3.05) is 12.4 Å². The fourth-order valence-corrected chi connectivity index (χ4v) is 2.68. The van der Waals surface area contributed by atoms with E-state index in [0.717, 1.165) is 11.3 Å². The van der Waals surface area contributed by atoms with E-state index in [1.165, 1.54) is 12.6 Å². The molecule has 0 spiro atoms. The van der Waals surface area contributed by atoms with E-state index in [4.69, 9.17) is 9.15 Å². The average molecular weight is 396 g/mol. The maximum absolute atomic E-state index is 12.5. The molecule has 0 aliphatic carbocycles. The molecule has 2 N–H and O–H groups in total. The van der Waals surface area contributed by atoms with Crippen LogP contribution in [0.15, 0.2) is 40.9 Å². The minimum Gasteiger partial charge on any atom is -0.486 e. The predicted molar refractivity (Wildman–Crippen MR) is 108 cm³/mol. The van der Waals surface area contributed by atoms with Gasteiger partial charge in [-0.3, -0.25) is 14.3 Å². The number of aromatic nitrogens is 2. The van der Waals surface area contributed by atoms with Crippen molar-refractivity contribution in [2.24, 2.45) is 0 Å². The van der Waals surface area contributed by atoms with E-state index in [-0.39, 0.29) is 24.0 Å². The van der Waals surface area contributed by atoms with Gasteiger partial charge in [-0.2, -0.15) is 5.10 Å². The lowest BCUT2D eigenvalue weighted by Crippen LogP contribution is -2.21. The summed E-state index contributed by atoms with van der Waals surface area (Å²) in [6, 6.07) is 9.09. The number of hydrogen-bond donors (Lipinski definition) is 2. The summed E-state index contributed by atoms with van der Waals surface area (Å²) in [6.45, 7) is 6.72. The van der Waals surface area contributed by atoms with Crippen molar-refractivity contribution in [3.8, 4) is 5.75 Å². The molecule has 0 atom stereocenters.